The molecule has 8 heteroatoms. The number of nitrogens with zero attached hydrogens (tertiary/aromatic N) is 1. The van der Waals surface area contributed by atoms with Gasteiger partial charge in [0, 0.05) is 12.1 Å². The molecule has 0 aliphatic carbocycles. The highest BCUT2D eigenvalue weighted by molar-refractivity contribution is 5.82. The second kappa shape index (κ2) is 9.13. The number of piperazine rings is 1. The van der Waals surface area contributed by atoms with Crippen molar-refractivity contribution < 1.29 is 28.4 Å². The van der Waals surface area contributed by atoms with Crippen molar-refractivity contribution in [1.29, 1.82) is 0 Å². The molecule has 0 unspecified atom stereocenters. The first-order chi connectivity index (χ1) is 14.6. The van der Waals surface area contributed by atoms with Gasteiger partial charge in [0.25, 0.3) is 11.8 Å². The van der Waals surface area contributed by atoms with E-state index in [4.69, 9.17) is 9.47 Å². The van der Waals surface area contributed by atoms with Crippen LogP contribution in [0.2, 0.25) is 0 Å². The molecule has 0 aromatic heterocycles. The van der Waals surface area contributed by atoms with Crippen molar-refractivity contribution in [3.05, 3.63) is 59.9 Å². The first-order valence-corrected chi connectivity index (χ1v) is 10.1. The van der Waals surface area contributed by atoms with E-state index in [0.717, 1.165) is 4.90 Å². The SMILES string of the molecule is O=C(C[NH+]1CCN(C(=O)[C@@H]2COc3ccccc3O2)CC1)NCc1ccccc1F. The topological polar surface area (TPSA) is 72.3 Å². The zero-order valence-corrected chi connectivity index (χ0v) is 16.6. The quantitative estimate of drug-likeness (QED) is 0.723. The minimum atomic E-state index is -0.648. The summed E-state index contributed by atoms with van der Waals surface area (Å²) in [5, 5.41) is 2.77. The van der Waals surface area contributed by atoms with Gasteiger partial charge in [-0.15, -0.1) is 0 Å². The standard InChI is InChI=1S/C22H24FN3O4/c23-17-6-2-1-5-16(17)13-24-21(27)14-25-9-11-26(12-10-25)22(28)20-15-29-18-7-3-4-8-19(18)30-20/h1-8,20H,9-15H2,(H,24,27)/p+1/t20-/m0/s1. The fraction of sp³-hybridized carbons (Fsp3) is 0.364. The van der Waals surface area contributed by atoms with Gasteiger partial charge >= 0.3 is 0 Å². The average molecular weight is 414 g/mol. The molecule has 2 aliphatic heterocycles. The Balaban J connectivity index is 1.21. The molecule has 1 saturated heterocycles. The van der Waals surface area contributed by atoms with Crippen molar-refractivity contribution in [2.75, 3.05) is 39.3 Å². The summed E-state index contributed by atoms with van der Waals surface area (Å²) < 4.78 is 25.1. The van der Waals surface area contributed by atoms with Crippen LogP contribution in [0.25, 0.3) is 0 Å². The lowest BCUT2D eigenvalue weighted by Gasteiger charge is -2.35. The lowest BCUT2D eigenvalue weighted by Crippen LogP contribution is -3.15. The van der Waals surface area contributed by atoms with E-state index in [0.29, 0.717) is 49.8 Å². The van der Waals surface area contributed by atoms with Gasteiger partial charge in [-0.1, -0.05) is 30.3 Å². The molecule has 1 fully saturated rings. The molecule has 1 atom stereocenters. The number of carbonyl (C=O) groups is 2. The minimum Gasteiger partial charge on any atom is -0.485 e. The third-order valence-electron chi connectivity index (χ3n) is 5.41. The molecule has 2 aliphatic rings. The van der Waals surface area contributed by atoms with Crippen molar-refractivity contribution in [1.82, 2.24) is 10.2 Å². The number of nitrogens with one attached hydrogen (secondary N) is 2. The maximum Gasteiger partial charge on any atom is 0.275 e. The van der Waals surface area contributed by atoms with Gasteiger partial charge in [-0.25, -0.2) is 4.39 Å². The Morgan fingerprint density at radius 2 is 1.77 bits per heavy atom. The number of carbonyl (C=O) groups excluding carboxylic acids is 2. The molecule has 0 spiro atoms. The van der Waals surface area contributed by atoms with Crippen molar-refractivity contribution in [3.8, 4) is 11.5 Å². The zero-order valence-electron chi connectivity index (χ0n) is 16.6. The van der Waals surface area contributed by atoms with Crippen LogP contribution < -0.4 is 19.7 Å². The Bertz CT molecular complexity index is 915. The maximum absolute atomic E-state index is 13.6. The largest absolute Gasteiger partial charge is 0.485 e. The van der Waals surface area contributed by atoms with Crippen LogP contribution in [0.4, 0.5) is 4.39 Å². The number of hydrogen-bond acceptors (Lipinski definition) is 4. The molecule has 2 N–H and O–H groups in total. The van der Waals surface area contributed by atoms with Crippen molar-refractivity contribution in [2.45, 2.75) is 12.6 Å². The minimum absolute atomic E-state index is 0.0902. The summed E-state index contributed by atoms with van der Waals surface area (Å²) in [6.07, 6.45) is -0.648. The second-order valence-electron chi connectivity index (χ2n) is 7.48. The van der Waals surface area contributed by atoms with Crippen molar-refractivity contribution in [3.63, 3.8) is 0 Å². The van der Waals surface area contributed by atoms with Crippen LogP contribution in [0.1, 0.15) is 5.56 Å². The number of quaternary nitrogens is 1. The normalized spacial score (nSPS) is 18.7. The summed E-state index contributed by atoms with van der Waals surface area (Å²) in [6, 6.07) is 13.7. The van der Waals surface area contributed by atoms with Gasteiger partial charge in [0.15, 0.2) is 18.0 Å². The molecule has 158 valence electrons. The number of halogens is 1. The van der Waals surface area contributed by atoms with Gasteiger partial charge in [-0.3, -0.25) is 9.59 Å². The van der Waals surface area contributed by atoms with Crippen LogP contribution >= 0.6 is 0 Å². The highest BCUT2D eigenvalue weighted by atomic mass is 19.1. The average Bonchev–Trinajstić information content (AvgIpc) is 2.78. The number of hydrogen-bond donors (Lipinski definition) is 2. The summed E-state index contributed by atoms with van der Waals surface area (Å²) in [5.74, 6) is 0.685. The molecule has 0 bridgehead atoms. The van der Waals surface area contributed by atoms with Crippen LogP contribution in [-0.4, -0.2) is 62.1 Å². The van der Waals surface area contributed by atoms with Crippen LogP contribution in [0.5, 0.6) is 11.5 Å². The van der Waals surface area contributed by atoms with E-state index in [1.807, 2.05) is 18.2 Å². The molecule has 2 amide bonds. The van der Waals surface area contributed by atoms with E-state index in [-0.39, 0.29) is 30.8 Å². The molecular formula is C22H25FN3O4+. The summed E-state index contributed by atoms with van der Waals surface area (Å²) in [4.78, 5) is 27.8. The van der Waals surface area contributed by atoms with Gasteiger partial charge in [-0.05, 0) is 18.2 Å². The summed E-state index contributed by atoms with van der Waals surface area (Å²) in [7, 11) is 0. The lowest BCUT2D eigenvalue weighted by atomic mass is 10.2. The summed E-state index contributed by atoms with van der Waals surface area (Å²) >= 11 is 0. The second-order valence-corrected chi connectivity index (χ2v) is 7.48. The summed E-state index contributed by atoms with van der Waals surface area (Å²) in [5.41, 5.74) is 0.465. The van der Waals surface area contributed by atoms with Gasteiger partial charge in [0.1, 0.15) is 12.4 Å². The van der Waals surface area contributed by atoms with Gasteiger partial charge in [0.05, 0.1) is 26.2 Å². The van der Waals surface area contributed by atoms with Crippen LogP contribution in [-0.2, 0) is 16.1 Å². The molecule has 4 rings (SSSR count). The highest BCUT2D eigenvalue weighted by Crippen LogP contribution is 2.31. The molecule has 7 nitrogen and oxygen atoms in total. The maximum atomic E-state index is 13.6. The van der Waals surface area contributed by atoms with Gasteiger partial charge < -0.3 is 24.6 Å². The van der Waals surface area contributed by atoms with E-state index < -0.39 is 6.10 Å². The third-order valence-corrected chi connectivity index (χ3v) is 5.41. The molecule has 2 heterocycles. The Morgan fingerprint density at radius 1 is 1.07 bits per heavy atom. The summed E-state index contributed by atoms with van der Waals surface area (Å²) in [6.45, 7) is 3.11. The lowest BCUT2D eigenvalue weighted by molar-refractivity contribution is -0.896. The fourth-order valence-electron chi connectivity index (χ4n) is 3.69. The van der Waals surface area contributed by atoms with E-state index >= 15 is 0 Å². The zero-order chi connectivity index (χ0) is 20.9. The first kappa shape index (κ1) is 20.2. The predicted octanol–water partition coefficient (Wildman–Crippen LogP) is 0.00900. The highest BCUT2D eigenvalue weighted by Gasteiger charge is 2.34. The number of benzene rings is 2. The Morgan fingerprint density at radius 3 is 2.53 bits per heavy atom. The van der Waals surface area contributed by atoms with Gasteiger partial charge in [0.2, 0.25) is 6.10 Å². The third kappa shape index (κ3) is 4.71. The Hall–Kier alpha value is -3.13. The van der Waals surface area contributed by atoms with Crippen LogP contribution in [0.3, 0.4) is 0 Å². The number of ether oxygens (including phenoxy) is 2. The van der Waals surface area contributed by atoms with Gasteiger partial charge in [-0.2, -0.15) is 0 Å². The monoisotopic (exact) mass is 414 g/mol. The molecule has 0 radical (unpaired) electrons. The predicted molar refractivity (Wildman–Crippen MR) is 107 cm³/mol. The smallest absolute Gasteiger partial charge is 0.275 e. The number of fused-ring (bicyclic) bond motifs is 1. The first-order valence-electron chi connectivity index (χ1n) is 10.1. The molecule has 2 aromatic rings. The molecule has 0 saturated carbocycles. The fourth-order valence-corrected chi connectivity index (χ4v) is 3.69. The van der Waals surface area contributed by atoms with Crippen LogP contribution in [0, 0.1) is 5.82 Å². The number of rotatable bonds is 5. The Kier molecular flexibility index (Phi) is 6.13. The van der Waals surface area contributed by atoms with Crippen molar-refractivity contribution in [2.24, 2.45) is 0 Å². The van der Waals surface area contributed by atoms with E-state index in [2.05, 4.69) is 5.32 Å². The molecule has 2 aromatic carbocycles. The number of amides is 2. The number of para-hydroxylation sites is 2. The van der Waals surface area contributed by atoms with Crippen molar-refractivity contribution >= 4 is 11.8 Å². The molecular weight excluding hydrogens is 389 g/mol. The van der Waals surface area contributed by atoms with Crippen LogP contribution in [0.15, 0.2) is 48.5 Å². The molecule has 30 heavy (non-hydrogen) atoms. The Labute approximate surface area is 174 Å². The van der Waals surface area contributed by atoms with E-state index in [1.54, 1.807) is 29.2 Å². The van der Waals surface area contributed by atoms with E-state index in [1.165, 1.54) is 6.07 Å². The van der Waals surface area contributed by atoms with E-state index in [9.17, 15) is 14.0 Å².